The van der Waals surface area contributed by atoms with Crippen molar-refractivity contribution in [3.8, 4) is 0 Å². The van der Waals surface area contributed by atoms with Gasteiger partial charge in [-0.25, -0.2) is 0 Å². The molecule has 108 valence electrons. The molecule has 0 radical (unpaired) electrons. The molecule has 2 aromatic rings. The number of aliphatic hydroxyl groups is 1. The Morgan fingerprint density at radius 3 is 2.75 bits per heavy atom. The van der Waals surface area contributed by atoms with Crippen LogP contribution >= 0.6 is 38.6 Å². The molecule has 20 heavy (non-hydrogen) atoms. The zero-order valence-corrected chi connectivity index (χ0v) is 14.1. The standard InChI is InChI=1S/C12H13BrN2O3S2/c1-7(16)10-4-9(15(17)18)12(20-10)14(2)5-8-3-11(13)19-6-8/h3-4,6-7,16H,5H2,1-2H3/t7-/m1/s1. The number of aliphatic hydroxyl groups excluding tert-OH is 1. The third-order valence-electron chi connectivity index (χ3n) is 2.71. The zero-order valence-electron chi connectivity index (χ0n) is 10.9. The quantitative estimate of drug-likeness (QED) is 0.627. The highest BCUT2D eigenvalue weighted by Gasteiger charge is 2.23. The molecule has 0 fully saturated rings. The normalized spacial score (nSPS) is 12.4. The molecule has 0 spiro atoms. The molecular weight excluding hydrogens is 364 g/mol. The summed E-state index contributed by atoms with van der Waals surface area (Å²) in [5.41, 5.74) is 1.13. The van der Waals surface area contributed by atoms with Crippen molar-refractivity contribution < 1.29 is 10.0 Å². The molecule has 0 aliphatic heterocycles. The number of thiophene rings is 2. The number of hydrogen-bond donors (Lipinski definition) is 1. The van der Waals surface area contributed by atoms with E-state index in [4.69, 9.17) is 0 Å². The summed E-state index contributed by atoms with van der Waals surface area (Å²) in [4.78, 5) is 13.2. The summed E-state index contributed by atoms with van der Waals surface area (Å²) in [6.45, 7) is 2.19. The Kier molecular flexibility index (Phi) is 4.79. The summed E-state index contributed by atoms with van der Waals surface area (Å²) in [5, 5.41) is 23.3. The molecule has 1 N–H and O–H groups in total. The molecule has 2 aromatic heterocycles. The molecule has 1 atom stereocenters. The van der Waals surface area contributed by atoms with Crippen LogP contribution in [0, 0.1) is 10.1 Å². The van der Waals surface area contributed by atoms with E-state index in [1.54, 1.807) is 18.3 Å². The van der Waals surface area contributed by atoms with Crippen LogP contribution in [0.25, 0.3) is 0 Å². The van der Waals surface area contributed by atoms with E-state index in [0.717, 1.165) is 9.35 Å². The molecule has 0 aliphatic rings. The molecule has 0 unspecified atom stereocenters. The maximum absolute atomic E-state index is 11.1. The predicted molar refractivity (Wildman–Crippen MR) is 85.7 cm³/mol. The van der Waals surface area contributed by atoms with E-state index in [-0.39, 0.29) is 5.69 Å². The lowest BCUT2D eigenvalue weighted by Crippen LogP contribution is -2.15. The SMILES string of the molecule is C[C@@H](O)c1cc([N+](=O)[O-])c(N(C)Cc2csc(Br)c2)s1. The Morgan fingerprint density at radius 2 is 2.25 bits per heavy atom. The van der Waals surface area contributed by atoms with E-state index < -0.39 is 11.0 Å². The minimum Gasteiger partial charge on any atom is -0.388 e. The van der Waals surface area contributed by atoms with Gasteiger partial charge < -0.3 is 10.0 Å². The van der Waals surface area contributed by atoms with E-state index in [1.807, 2.05) is 23.4 Å². The average Bonchev–Trinajstić information content (AvgIpc) is 2.95. The highest BCUT2D eigenvalue weighted by atomic mass is 79.9. The second-order valence-corrected chi connectivity index (χ2v) is 7.74. The van der Waals surface area contributed by atoms with Gasteiger partial charge in [-0.15, -0.1) is 22.7 Å². The number of nitro groups is 1. The number of halogens is 1. The Labute approximate surface area is 132 Å². The molecule has 0 aliphatic carbocycles. The first kappa shape index (κ1) is 15.4. The average molecular weight is 377 g/mol. The smallest absolute Gasteiger partial charge is 0.304 e. The zero-order chi connectivity index (χ0) is 14.9. The van der Waals surface area contributed by atoms with Gasteiger partial charge in [0.05, 0.1) is 14.8 Å². The topological polar surface area (TPSA) is 66.6 Å². The fourth-order valence-corrected chi connectivity index (χ4v) is 4.00. The third kappa shape index (κ3) is 3.38. The molecule has 0 saturated carbocycles. The first-order valence-electron chi connectivity index (χ1n) is 5.78. The number of anilines is 1. The Bertz CT molecular complexity index is 624. The van der Waals surface area contributed by atoms with E-state index in [2.05, 4.69) is 15.9 Å². The van der Waals surface area contributed by atoms with Crippen LogP contribution in [0.4, 0.5) is 10.7 Å². The van der Waals surface area contributed by atoms with Crippen LogP contribution in [0.2, 0.25) is 0 Å². The van der Waals surface area contributed by atoms with Crippen LogP contribution in [-0.2, 0) is 6.54 Å². The molecule has 0 amide bonds. The van der Waals surface area contributed by atoms with Gasteiger partial charge in [0.25, 0.3) is 0 Å². The van der Waals surface area contributed by atoms with Crippen molar-refractivity contribution in [1.82, 2.24) is 0 Å². The van der Waals surface area contributed by atoms with E-state index in [9.17, 15) is 15.2 Å². The molecular formula is C12H13BrN2O3S2. The summed E-state index contributed by atoms with van der Waals surface area (Å²) >= 11 is 6.24. The largest absolute Gasteiger partial charge is 0.388 e. The Morgan fingerprint density at radius 1 is 1.55 bits per heavy atom. The fraction of sp³-hybridized carbons (Fsp3) is 0.333. The lowest BCUT2D eigenvalue weighted by Gasteiger charge is -2.15. The van der Waals surface area contributed by atoms with Crippen molar-refractivity contribution >= 4 is 49.3 Å². The summed E-state index contributed by atoms with van der Waals surface area (Å²) < 4.78 is 1.03. The minimum atomic E-state index is -0.698. The molecule has 8 heteroatoms. The maximum Gasteiger partial charge on any atom is 0.304 e. The fourth-order valence-electron chi connectivity index (χ4n) is 1.77. The second kappa shape index (κ2) is 6.21. The monoisotopic (exact) mass is 376 g/mol. The van der Waals surface area contributed by atoms with E-state index in [0.29, 0.717) is 16.4 Å². The highest BCUT2D eigenvalue weighted by Crippen LogP contribution is 2.40. The van der Waals surface area contributed by atoms with Gasteiger partial charge in [0, 0.05) is 24.5 Å². The van der Waals surface area contributed by atoms with Gasteiger partial charge in [-0.1, -0.05) is 0 Å². The summed E-state index contributed by atoms with van der Waals surface area (Å²) in [5.74, 6) is 0. The van der Waals surface area contributed by atoms with Crippen LogP contribution < -0.4 is 4.90 Å². The van der Waals surface area contributed by atoms with Gasteiger partial charge in [-0.2, -0.15) is 0 Å². The lowest BCUT2D eigenvalue weighted by atomic mass is 10.3. The van der Waals surface area contributed by atoms with E-state index in [1.165, 1.54) is 17.4 Å². The minimum absolute atomic E-state index is 0.0442. The second-order valence-electron chi connectivity index (χ2n) is 4.39. The van der Waals surface area contributed by atoms with Gasteiger partial charge >= 0.3 is 5.69 Å². The van der Waals surface area contributed by atoms with Crippen LogP contribution in [0.15, 0.2) is 21.3 Å². The molecule has 2 heterocycles. The van der Waals surface area contributed by atoms with Crippen LogP contribution in [-0.4, -0.2) is 17.1 Å². The first-order valence-corrected chi connectivity index (χ1v) is 8.27. The van der Waals surface area contributed by atoms with Crippen LogP contribution in [0.5, 0.6) is 0 Å². The number of nitrogens with zero attached hydrogens (tertiary/aromatic N) is 2. The van der Waals surface area contributed by atoms with E-state index >= 15 is 0 Å². The van der Waals surface area contributed by atoms with Gasteiger partial charge in [0.2, 0.25) is 0 Å². The lowest BCUT2D eigenvalue weighted by molar-refractivity contribution is -0.383. The molecule has 5 nitrogen and oxygen atoms in total. The van der Waals surface area contributed by atoms with Crippen molar-refractivity contribution in [2.24, 2.45) is 0 Å². The maximum atomic E-state index is 11.1. The summed E-state index contributed by atoms with van der Waals surface area (Å²) in [6, 6.07) is 3.45. The molecule has 0 saturated heterocycles. The molecule has 0 bridgehead atoms. The van der Waals surface area contributed by atoms with Crippen molar-refractivity contribution in [3.05, 3.63) is 41.9 Å². The number of hydrogen-bond acceptors (Lipinski definition) is 6. The predicted octanol–water partition coefficient (Wildman–Crippen LogP) is 4.17. The van der Waals surface area contributed by atoms with Gasteiger partial charge in [-0.05, 0) is 39.9 Å². The Balaban J connectivity index is 2.28. The van der Waals surface area contributed by atoms with Crippen molar-refractivity contribution in [3.63, 3.8) is 0 Å². The molecule has 0 aromatic carbocycles. The van der Waals surface area contributed by atoms with Gasteiger partial charge in [-0.3, -0.25) is 10.1 Å². The molecule has 2 rings (SSSR count). The Hall–Kier alpha value is -0.960. The van der Waals surface area contributed by atoms with Crippen LogP contribution in [0.1, 0.15) is 23.5 Å². The summed E-state index contributed by atoms with van der Waals surface area (Å²) in [7, 11) is 1.82. The van der Waals surface area contributed by atoms with Crippen molar-refractivity contribution in [1.29, 1.82) is 0 Å². The van der Waals surface area contributed by atoms with Crippen LogP contribution in [0.3, 0.4) is 0 Å². The third-order valence-corrected chi connectivity index (χ3v) is 5.67. The highest BCUT2D eigenvalue weighted by molar-refractivity contribution is 9.11. The number of rotatable bonds is 5. The first-order chi connectivity index (χ1) is 9.38. The van der Waals surface area contributed by atoms with Crippen molar-refractivity contribution in [2.75, 3.05) is 11.9 Å². The van der Waals surface area contributed by atoms with Gasteiger partial charge in [0.1, 0.15) is 0 Å². The summed E-state index contributed by atoms with van der Waals surface area (Å²) in [6.07, 6.45) is -0.698. The van der Waals surface area contributed by atoms with Crippen molar-refractivity contribution in [2.45, 2.75) is 19.6 Å². The van der Waals surface area contributed by atoms with Gasteiger partial charge in [0.15, 0.2) is 5.00 Å².